The lowest BCUT2D eigenvalue weighted by molar-refractivity contribution is 0.683. The number of nitrogens with zero attached hydrogens (tertiary/aromatic N) is 2. The van der Waals surface area contributed by atoms with Gasteiger partial charge in [0.25, 0.3) is 0 Å². The van der Waals surface area contributed by atoms with E-state index in [9.17, 15) is 0 Å². The summed E-state index contributed by atoms with van der Waals surface area (Å²) < 4.78 is 0. The molecule has 0 atom stereocenters. The second kappa shape index (κ2) is 18.9. The fourth-order valence-electron chi connectivity index (χ4n) is 5.25. The van der Waals surface area contributed by atoms with Crippen LogP contribution in [0.1, 0.15) is 141 Å². The summed E-state index contributed by atoms with van der Waals surface area (Å²) in [4.78, 5) is 10.8. The summed E-state index contributed by atoms with van der Waals surface area (Å²) in [6.45, 7) is 13.6. The lowest BCUT2D eigenvalue weighted by Gasteiger charge is -2.14. The molecule has 0 saturated heterocycles. The zero-order chi connectivity index (χ0) is 27.6. The first-order chi connectivity index (χ1) is 18.6. The number of hydrogen-bond donors (Lipinski definition) is 0. The maximum atomic E-state index is 5.39. The minimum Gasteiger partial charge on any atom is -0.252 e. The van der Waals surface area contributed by atoms with Crippen LogP contribution < -0.4 is 0 Å². The highest BCUT2D eigenvalue weighted by atomic mass is 14.8. The monoisotopic (exact) mass is 516 g/mol. The maximum Gasteiger partial charge on any atom is 0.0639 e. The third-order valence-electron chi connectivity index (χ3n) is 7.12. The number of aryl methyl sites for hydroxylation is 4. The van der Waals surface area contributed by atoms with E-state index in [4.69, 9.17) is 9.98 Å². The number of aliphatic imine (C=N–C) groups is 2. The van der Waals surface area contributed by atoms with Gasteiger partial charge in [-0.1, -0.05) is 105 Å². The van der Waals surface area contributed by atoms with Crippen LogP contribution in [0.3, 0.4) is 0 Å². The van der Waals surface area contributed by atoms with Gasteiger partial charge in [0.1, 0.15) is 0 Å². The van der Waals surface area contributed by atoms with Crippen LogP contribution in [0.15, 0.2) is 46.4 Å². The Balaban J connectivity index is 2.60. The lowest BCUT2D eigenvalue weighted by Crippen LogP contribution is -2.14. The Kier molecular flexibility index (Phi) is 15.9. The largest absolute Gasteiger partial charge is 0.252 e. The molecule has 0 heterocycles. The molecule has 0 saturated carbocycles. The summed E-state index contributed by atoms with van der Waals surface area (Å²) in [7, 11) is 0. The highest BCUT2D eigenvalue weighted by Crippen LogP contribution is 2.25. The van der Waals surface area contributed by atoms with E-state index in [1.807, 2.05) is 0 Å². The number of unbranched alkanes of at least 4 members (excludes halogenated alkanes) is 4. The summed E-state index contributed by atoms with van der Waals surface area (Å²) in [6.07, 6.45) is 18.5. The minimum atomic E-state index is 1.00. The first-order valence-corrected chi connectivity index (χ1v) is 16.0. The molecule has 0 N–H and O–H groups in total. The molecule has 0 unspecified atom stereocenters. The van der Waals surface area contributed by atoms with Gasteiger partial charge in [-0.25, -0.2) is 0 Å². The average molecular weight is 517 g/mol. The second-order valence-corrected chi connectivity index (χ2v) is 11.0. The highest BCUT2D eigenvalue weighted by Gasteiger charge is 2.12. The molecule has 0 fully saturated rings. The van der Waals surface area contributed by atoms with Crippen molar-refractivity contribution in [3.8, 4) is 0 Å². The normalized spacial score (nSPS) is 12.4. The van der Waals surface area contributed by atoms with Crippen molar-refractivity contribution >= 4 is 22.8 Å². The van der Waals surface area contributed by atoms with E-state index in [1.54, 1.807) is 0 Å². The maximum absolute atomic E-state index is 5.39. The molecule has 2 rings (SSSR count). The summed E-state index contributed by atoms with van der Waals surface area (Å²) in [6, 6.07) is 14.1. The molecule has 210 valence electrons. The van der Waals surface area contributed by atoms with Gasteiger partial charge in [0.2, 0.25) is 0 Å². The van der Waals surface area contributed by atoms with Crippen molar-refractivity contribution in [1.29, 1.82) is 0 Å². The van der Waals surface area contributed by atoms with Crippen molar-refractivity contribution in [2.75, 3.05) is 0 Å². The number of benzene rings is 2. The third kappa shape index (κ3) is 11.7. The van der Waals surface area contributed by atoms with E-state index in [1.165, 1.54) is 91.5 Å². The molecule has 2 aromatic rings. The van der Waals surface area contributed by atoms with Gasteiger partial charge in [-0.3, -0.25) is 9.98 Å². The number of hydrogen-bond acceptors (Lipinski definition) is 2. The topological polar surface area (TPSA) is 24.7 Å². The molecule has 0 aliphatic carbocycles. The first-order valence-electron chi connectivity index (χ1n) is 16.0. The van der Waals surface area contributed by atoms with E-state index >= 15 is 0 Å². The third-order valence-corrected chi connectivity index (χ3v) is 7.12. The Morgan fingerprint density at radius 2 is 0.789 bits per heavy atom. The van der Waals surface area contributed by atoms with Crippen molar-refractivity contribution in [1.82, 2.24) is 0 Å². The lowest BCUT2D eigenvalue weighted by atomic mass is 10.00. The molecule has 2 aromatic carbocycles. The predicted octanol–water partition coefficient (Wildman–Crippen LogP) is 11.5. The molecular formula is C36H56N2. The quantitative estimate of drug-likeness (QED) is 0.131. The van der Waals surface area contributed by atoms with Crippen LogP contribution >= 0.6 is 0 Å². The van der Waals surface area contributed by atoms with Crippen LogP contribution in [0.4, 0.5) is 11.4 Å². The van der Waals surface area contributed by atoms with E-state index in [0.29, 0.717) is 0 Å². The summed E-state index contributed by atoms with van der Waals surface area (Å²) in [5.74, 6) is 0. The predicted molar refractivity (Wildman–Crippen MR) is 171 cm³/mol. The van der Waals surface area contributed by atoms with Crippen LogP contribution in [0.25, 0.3) is 0 Å². The molecule has 2 heteroatoms. The smallest absolute Gasteiger partial charge is 0.0639 e. The van der Waals surface area contributed by atoms with Crippen molar-refractivity contribution in [3.05, 3.63) is 58.7 Å². The van der Waals surface area contributed by atoms with Crippen molar-refractivity contribution in [2.24, 2.45) is 9.98 Å². The Morgan fingerprint density at radius 3 is 1.13 bits per heavy atom. The molecule has 38 heavy (non-hydrogen) atoms. The molecule has 0 spiro atoms. The fourth-order valence-corrected chi connectivity index (χ4v) is 5.25. The van der Waals surface area contributed by atoms with Crippen LogP contribution in [-0.2, 0) is 25.7 Å². The average Bonchev–Trinajstić information content (AvgIpc) is 2.89. The van der Waals surface area contributed by atoms with Crippen molar-refractivity contribution < 1.29 is 0 Å². The summed E-state index contributed by atoms with van der Waals surface area (Å²) in [5, 5.41) is 0. The van der Waals surface area contributed by atoms with Crippen molar-refractivity contribution in [3.63, 3.8) is 0 Å². The van der Waals surface area contributed by atoms with Gasteiger partial charge < -0.3 is 0 Å². The minimum absolute atomic E-state index is 1.00. The van der Waals surface area contributed by atoms with E-state index in [0.717, 1.165) is 56.3 Å². The molecule has 2 nitrogen and oxygen atoms in total. The SMILES string of the molecule is CCCCCCC(=Nc1cc(CCC)cc(CCC)c1)C(CCCC)=Nc1cc(CCC)cc(CCC)c1. The zero-order valence-electron chi connectivity index (χ0n) is 25.7. The summed E-state index contributed by atoms with van der Waals surface area (Å²) in [5.41, 5.74) is 10.4. The van der Waals surface area contributed by atoms with Gasteiger partial charge >= 0.3 is 0 Å². The fraction of sp³-hybridized carbons (Fsp3) is 0.611. The van der Waals surface area contributed by atoms with E-state index < -0.39 is 0 Å². The first kappa shape index (κ1) is 32.0. The van der Waals surface area contributed by atoms with Crippen molar-refractivity contribution in [2.45, 2.75) is 144 Å². The van der Waals surface area contributed by atoms with Gasteiger partial charge in [0.05, 0.1) is 22.8 Å². The van der Waals surface area contributed by atoms with Gasteiger partial charge in [-0.05, 0) is 97.9 Å². The Hall–Kier alpha value is -2.22. The van der Waals surface area contributed by atoms with Crippen LogP contribution in [0, 0.1) is 0 Å². The summed E-state index contributed by atoms with van der Waals surface area (Å²) >= 11 is 0. The molecular weight excluding hydrogens is 460 g/mol. The van der Waals surface area contributed by atoms with Crippen LogP contribution in [0.5, 0.6) is 0 Å². The standard InChI is InChI=1S/C36H56N2/c1-7-13-15-16-22-36(38-34-27-31(19-11-5)24-32(28-34)20-12-6)35(21-14-8-2)37-33-25-29(17-9-3)23-30(26-33)18-10-4/h23-28H,7-22H2,1-6H3. The van der Waals surface area contributed by atoms with Gasteiger partial charge in [-0.15, -0.1) is 0 Å². The molecule has 0 aromatic heterocycles. The molecule has 0 aliphatic rings. The molecule has 0 amide bonds. The zero-order valence-corrected chi connectivity index (χ0v) is 25.7. The Morgan fingerprint density at radius 1 is 0.421 bits per heavy atom. The van der Waals surface area contributed by atoms with Crippen LogP contribution in [0.2, 0.25) is 0 Å². The second-order valence-electron chi connectivity index (χ2n) is 11.0. The van der Waals surface area contributed by atoms with E-state index in [2.05, 4.69) is 77.9 Å². The van der Waals surface area contributed by atoms with Gasteiger partial charge in [0, 0.05) is 0 Å². The Labute approximate surface area is 235 Å². The Bertz CT molecular complexity index is 950. The van der Waals surface area contributed by atoms with Gasteiger partial charge in [0.15, 0.2) is 0 Å². The van der Waals surface area contributed by atoms with E-state index in [-0.39, 0.29) is 0 Å². The van der Waals surface area contributed by atoms with Crippen LogP contribution in [-0.4, -0.2) is 11.4 Å². The molecule has 0 radical (unpaired) electrons. The molecule has 0 aliphatic heterocycles. The van der Waals surface area contributed by atoms with Gasteiger partial charge in [-0.2, -0.15) is 0 Å². The molecule has 0 bridgehead atoms. The number of rotatable bonds is 19. The highest BCUT2D eigenvalue weighted by molar-refractivity contribution is 6.43.